The zero-order valence-electron chi connectivity index (χ0n) is 22.8. The molecule has 0 spiro atoms. The van der Waals surface area contributed by atoms with Crippen molar-refractivity contribution in [3.63, 3.8) is 0 Å². The second-order valence-corrected chi connectivity index (χ2v) is 12.5. The molecule has 2 aromatic carbocycles. The van der Waals surface area contributed by atoms with Gasteiger partial charge in [-0.15, -0.1) is 0 Å². The molecule has 41 heavy (non-hydrogen) atoms. The van der Waals surface area contributed by atoms with Crippen molar-refractivity contribution in [1.29, 1.82) is 10.5 Å². The molecule has 1 saturated carbocycles. The van der Waals surface area contributed by atoms with E-state index in [1.165, 1.54) is 36.6 Å². The molecule has 1 saturated heterocycles. The average molecular weight is 572 g/mol. The lowest BCUT2D eigenvalue weighted by atomic mass is 9.85. The van der Waals surface area contributed by atoms with Crippen molar-refractivity contribution in [2.75, 3.05) is 11.4 Å². The lowest BCUT2D eigenvalue weighted by molar-refractivity contribution is -0.125. The van der Waals surface area contributed by atoms with E-state index in [0.29, 0.717) is 28.4 Å². The number of hydrogen-bond acceptors (Lipinski definition) is 6. The third-order valence-corrected chi connectivity index (χ3v) is 9.98. The lowest BCUT2D eigenvalue weighted by Gasteiger charge is -2.41. The van der Waals surface area contributed by atoms with E-state index < -0.39 is 32.7 Å². The quantitative estimate of drug-likeness (QED) is 0.379. The van der Waals surface area contributed by atoms with E-state index in [-0.39, 0.29) is 25.1 Å². The Morgan fingerprint density at radius 2 is 1.78 bits per heavy atom. The number of amides is 1. The molecule has 2 heterocycles. The normalized spacial score (nSPS) is 17.7. The number of nitriles is 2. The van der Waals surface area contributed by atoms with Crippen LogP contribution in [0.15, 0.2) is 59.6 Å². The van der Waals surface area contributed by atoms with Crippen LogP contribution in [-0.2, 0) is 21.4 Å². The number of rotatable bonds is 7. The number of carbonyl (C=O) groups excluding carboxylic acids is 1. The molecule has 0 N–H and O–H groups in total. The standard InChI is InChI=1S/C31H30FN5O3S/c1-21-15-28(32)30(16-25(21)18-34)41(39,40)37-14-13-29(37)31(38)36(27-11-7-22(17-33)8-12-27)20-26-10-9-24(19-35-26)23-5-3-2-4-6-23/h7-12,15-16,19,23,29H,2-6,13-14,20H2,1H3/t29-/m1/s1. The second-order valence-electron chi connectivity index (χ2n) is 10.6. The van der Waals surface area contributed by atoms with Crippen LogP contribution in [0.2, 0.25) is 0 Å². The van der Waals surface area contributed by atoms with E-state index in [2.05, 4.69) is 11.1 Å². The van der Waals surface area contributed by atoms with E-state index in [0.717, 1.165) is 29.3 Å². The first-order valence-corrected chi connectivity index (χ1v) is 15.2. The highest BCUT2D eigenvalue weighted by molar-refractivity contribution is 7.89. The summed E-state index contributed by atoms with van der Waals surface area (Å²) in [4.78, 5) is 19.4. The predicted molar refractivity (Wildman–Crippen MR) is 151 cm³/mol. The fraction of sp³-hybridized carbons (Fsp3) is 0.355. The summed E-state index contributed by atoms with van der Waals surface area (Å²) in [6.45, 7) is 1.67. The Hall–Kier alpha value is -4.12. The maximum atomic E-state index is 14.8. The highest BCUT2D eigenvalue weighted by Gasteiger charge is 2.45. The molecule has 1 amide bonds. The van der Waals surface area contributed by atoms with Crippen molar-refractivity contribution in [1.82, 2.24) is 9.29 Å². The third kappa shape index (κ3) is 5.72. The molecule has 5 rings (SSSR count). The summed E-state index contributed by atoms with van der Waals surface area (Å²) in [5.41, 5.74) is 3.11. The van der Waals surface area contributed by atoms with Gasteiger partial charge in [-0.2, -0.15) is 14.8 Å². The number of nitrogens with zero attached hydrogens (tertiary/aromatic N) is 5. The van der Waals surface area contributed by atoms with Crippen molar-refractivity contribution in [2.24, 2.45) is 0 Å². The number of aromatic nitrogens is 1. The van der Waals surface area contributed by atoms with E-state index in [1.54, 1.807) is 24.3 Å². The predicted octanol–water partition coefficient (Wildman–Crippen LogP) is 5.32. The molecule has 0 bridgehead atoms. The molecule has 10 heteroatoms. The molecule has 3 aromatic rings. The number of sulfonamides is 1. The molecule has 1 aliphatic heterocycles. The van der Waals surface area contributed by atoms with Gasteiger partial charge in [0.1, 0.15) is 16.8 Å². The maximum absolute atomic E-state index is 14.8. The van der Waals surface area contributed by atoms with Crippen molar-refractivity contribution in [3.8, 4) is 12.1 Å². The molecular weight excluding hydrogens is 541 g/mol. The number of pyridine rings is 1. The van der Waals surface area contributed by atoms with Gasteiger partial charge in [-0.1, -0.05) is 25.3 Å². The largest absolute Gasteiger partial charge is 0.305 e. The molecule has 8 nitrogen and oxygen atoms in total. The van der Waals surface area contributed by atoms with E-state index in [4.69, 9.17) is 0 Å². The lowest BCUT2D eigenvalue weighted by Crippen LogP contribution is -2.59. The first kappa shape index (κ1) is 28.4. The highest BCUT2D eigenvalue weighted by atomic mass is 32.2. The van der Waals surface area contributed by atoms with Gasteiger partial charge in [0.15, 0.2) is 0 Å². The molecule has 0 radical (unpaired) electrons. The Kier molecular flexibility index (Phi) is 8.16. The van der Waals surface area contributed by atoms with Crippen LogP contribution in [0.1, 0.15) is 72.4 Å². The maximum Gasteiger partial charge on any atom is 0.246 e. The third-order valence-electron chi connectivity index (χ3n) is 8.06. The Balaban J connectivity index is 1.43. The van der Waals surface area contributed by atoms with Crippen molar-refractivity contribution >= 4 is 21.6 Å². The van der Waals surface area contributed by atoms with Gasteiger partial charge in [-0.25, -0.2) is 12.8 Å². The number of aryl methyl sites for hydroxylation is 1. The van der Waals surface area contributed by atoms with Crippen LogP contribution in [0, 0.1) is 35.4 Å². The summed E-state index contributed by atoms with van der Waals surface area (Å²) < 4.78 is 42.8. The van der Waals surface area contributed by atoms with Gasteiger partial charge in [0.2, 0.25) is 15.9 Å². The Labute approximate surface area is 239 Å². The first-order valence-electron chi connectivity index (χ1n) is 13.7. The van der Waals surface area contributed by atoms with Gasteiger partial charge in [0.05, 0.1) is 35.5 Å². The summed E-state index contributed by atoms with van der Waals surface area (Å²) >= 11 is 0. The van der Waals surface area contributed by atoms with E-state index in [1.807, 2.05) is 24.4 Å². The number of carbonyl (C=O) groups is 1. The van der Waals surface area contributed by atoms with Crippen LogP contribution < -0.4 is 4.90 Å². The molecule has 1 atom stereocenters. The van der Waals surface area contributed by atoms with Crippen molar-refractivity contribution in [2.45, 2.75) is 68.8 Å². The number of benzene rings is 2. The summed E-state index contributed by atoms with van der Waals surface area (Å²) in [6.07, 6.45) is 8.07. The number of halogens is 1. The fourth-order valence-corrected chi connectivity index (χ4v) is 7.26. The monoisotopic (exact) mass is 571 g/mol. The first-order chi connectivity index (χ1) is 19.7. The van der Waals surface area contributed by atoms with Gasteiger partial charge in [-0.3, -0.25) is 9.78 Å². The van der Waals surface area contributed by atoms with Crippen LogP contribution in [-0.4, -0.2) is 36.2 Å². The zero-order chi connectivity index (χ0) is 29.1. The minimum Gasteiger partial charge on any atom is -0.305 e. The Morgan fingerprint density at radius 1 is 1.05 bits per heavy atom. The topological polar surface area (TPSA) is 118 Å². The molecule has 0 unspecified atom stereocenters. The van der Waals surface area contributed by atoms with Crippen molar-refractivity contribution in [3.05, 3.63) is 88.5 Å². The van der Waals surface area contributed by atoms with Gasteiger partial charge in [-0.05, 0) is 85.7 Å². The van der Waals surface area contributed by atoms with Crippen LogP contribution in [0.5, 0.6) is 0 Å². The van der Waals surface area contributed by atoms with Gasteiger partial charge in [0.25, 0.3) is 0 Å². The van der Waals surface area contributed by atoms with E-state index in [9.17, 15) is 28.1 Å². The SMILES string of the molecule is Cc1cc(F)c(S(=O)(=O)N2CC[C@@H]2C(=O)N(Cc2ccc(C3CCCCC3)cn2)c2ccc(C#N)cc2)cc1C#N. The molecule has 1 aromatic heterocycles. The average Bonchev–Trinajstić information content (AvgIpc) is 2.96. The molecular formula is C31H30FN5O3S. The Bertz CT molecular complexity index is 1640. The zero-order valence-corrected chi connectivity index (χ0v) is 23.6. The molecule has 210 valence electrons. The summed E-state index contributed by atoms with van der Waals surface area (Å²) in [5.74, 6) is -0.958. The molecule has 2 aliphatic rings. The Morgan fingerprint density at radius 3 is 2.37 bits per heavy atom. The smallest absolute Gasteiger partial charge is 0.246 e. The minimum atomic E-state index is -4.39. The van der Waals surface area contributed by atoms with E-state index >= 15 is 0 Å². The van der Waals surface area contributed by atoms with Crippen LogP contribution in [0.25, 0.3) is 0 Å². The molecule has 2 fully saturated rings. The summed E-state index contributed by atoms with van der Waals surface area (Å²) in [5, 5.41) is 18.6. The number of anilines is 1. The highest BCUT2D eigenvalue weighted by Crippen LogP contribution is 2.34. The van der Waals surface area contributed by atoms with Crippen LogP contribution in [0.3, 0.4) is 0 Å². The summed E-state index contributed by atoms with van der Waals surface area (Å²) in [7, 11) is -4.39. The van der Waals surface area contributed by atoms with Gasteiger partial charge < -0.3 is 4.90 Å². The summed E-state index contributed by atoms with van der Waals surface area (Å²) in [6, 6.07) is 15.4. The van der Waals surface area contributed by atoms with Gasteiger partial charge in [0, 0.05) is 18.4 Å². The van der Waals surface area contributed by atoms with Crippen LogP contribution >= 0.6 is 0 Å². The fourth-order valence-electron chi connectivity index (χ4n) is 5.56. The minimum absolute atomic E-state index is 0.0451. The van der Waals surface area contributed by atoms with Crippen molar-refractivity contribution < 1.29 is 17.6 Å². The number of hydrogen-bond donors (Lipinski definition) is 0. The van der Waals surface area contributed by atoms with Crippen LogP contribution in [0.4, 0.5) is 10.1 Å². The van der Waals surface area contributed by atoms with Gasteiger partial charge >= 0.3 is 0 Å². The second kappa shape index (κ2) is 11.8. The molecule has 1 aliphatic carbocycles.